The Labute approximate surface area is 121 Å². The summed E-state index contributed by atoms with van der Waals surface area (Å²) in [5, 5.41) is 2.95. The van der Waals surface area contributed by atoms with Crippen molar-refractivity contribution in [3.8, 4) is 0 Å². The summed E-state index contributed by atoms with van der Waals surface area (Å²) < 4.78 is 0. The molecule has 20 heavy (non-hydrogen) atoms. The van der Waals surface area contributed by atoms with Crippen molar-refractivity contribution in [3.63, 3.8) is 0 Å². The summed E-state index contributed by atoms with van der Waals surface area (Å²) in [5.41, 5.74) is 3.48. The fourth-order valence-electron chi connectivity index (χ4n) is 2.63. The average molecular weight is 272 g/mol. The second-order valence-corrected chi connectivity index (χ2v) is 5.40. The average Bonchev–Trinajstić information content (AvgIpc) is 2.47. The van der Waals surface area contributed by atoms with Gasteiger partial charge in [0.15, 0.2) is 0 Å². The lowest BCUT2D eigenvalue weighted by Gasteiger charge is -2.21. The summed E-state index contributed by atoms with van der Waals surface area (Å²) in [6.07, 6.45) is 7.97. The molecule has 0 bridgehead atoms. The molecule has 2 rings (SSSR count). The Balaban J connectivity index is 2.02. The monoisotopic (exact) mass is 272 g/mol. The number of carbonyl (C=O) groups excluding carboxylic acids is 1. The highest BCUT2D eigenvalue weighted by Crippen LogP contribution is 2.22. The summed E-state index contributed by atoms with van der Waals surface area (Å²) in [6.45, 7) is 4.70. The third-order valence-corrected chi connectivity index (χ3v) is 3.77. The van der Waals surface area contributed by atoms with E-state index in [2.05, 4.69) is 5.32 Å². The molecule has 0 spiro atoms. The second-order valence-electron chi connectivity index (χ2n) is 5.40. The normalized spacial score (nSPS) is 14.8. The maximum atomic E-state index is 12.3. The number of rotatable bonds is 3. The van der Waals surface area contributed by atoms with Gasteiger partial charge in [0.2, 0.25) is 0 Å². The predicted molar refractivity (Wildman–Crippen MR) is 83.9 cm³/mol. The molecule has 1 aromatic carbocycles. The zero-order valence-corrected chi connectivity index (χ0v) is 12.5. The first-order chi connectivity index (χ1) is 9.70. The maximum Gasteiger partial charge on any atom is 0.325 e. The van der Waals surface area contributed by atoms with Gasteiger partial charge in [0, 0.05) is 18.4 Å². The Hall–Kier alpha value is -1.77. The van der Waals surface area contributed by atoms with Gasteiger partial charge >= 0.3 is 6.03 Å². The topological polar surface area (TPSA) is 32.3 Å². The Morgan fingerprint density at radius 3 is 2.70 bits per heavy atom. The highest BCUT2D eigenvalue weighted by atomic mass is 16.2. The molecule has 0 unspecified atom stereocenters. The van der Waals surface area contributed by atoms with E-state index in [4.69, 9.17) is 0 Å². The third kappa shape index (κ3) is 3.86. The molecule has 3 heteroatoms. The van der Waals surface area contributed by atoms with Crippen LogP contribution >= 0.6 is 0 Å². The van der Waals surface area contributed by atoms with E-state index < -0.39 is 0 Å². The fourth-order valence-corrected chi connectivity index (χ4v) is 2.63. The number of nitrogens with one attached hydrogen (secondary N) is 1. The number of nitrogens with zero attached hydrogens (tertiary/aromatic N) is 1. The van der Waals surface area contributed by atoms with Crippen molar-refractivity contribution in [2.45, 2.75) is 46.0 Å². The van der Waals surface area contributed by atoms with Gasteiger partial charge in [-0.2, -0.15) is 0 Å². The Kier molecular flexibility index (Phi) is 5.22. The lowest BCUT2D eigenvalue weighted by atomic mass is 9.96. The molecular weight excluding hydrogens is 248 g/mol. The predicted octanol–water partition coefficient (Wildman–Crippen LogP) is 4.38. The van der Waals surface area contributed by atoms with E-state index in [1.54, 1.807) is 4.90 Å². The third-order valence-electron chi connectivity index (χ3n) is 3.77. The number of hydrogen-bond acceptors (Lipinski definition) is 1. The first-order valence-electron chi connectivity index (χ1n) is 7.53. The Morgan fingerprint density at radius 2 is 2.05 bits per heavy atom. The number of carbonyl (C=O) groups is 1. The maximum absolute atomic E-state index is 12.3. The minimum Gasteiger partial charge on any atom is -0.314 e. The van der Waals surface area contributed by atoms with Gasteiger partial charge in [-0.1, -0.05) is 24.1 Å². The van der Waals surface area contributed by atoms with Crippen LogP contribution in [0.4, 0.5) is 10.5 Å². The molecule has 1 N–H and O–H groups in total. The van der Waals surface area contributed by atoms with Gasteiger partial charge in [0.05, 0.1) is 0 Å². The van der Waals surface area contributed by atoms with Crippen molar-refractivity contribution in [2.75, 3.05) is 11.4 Å². The highest BCUT2D eigenvalue weighted by molar-refractivity contribution is 5.92. The molecule has 0 aromatic heterocycles. The van der Waals surface area contributed by atoms with Crippen molar-refractivity contribution >= 4 is 11.7 Å². The van der Waals surface area contributed by atoms with E-state index in [1.807, 2.05) is 44.3 Å². The molecule has 0 atom stereocenters. The van der Waals surface area contributed by atoms with Crippen LogP contribution in [0, 0.1) is 6.92 Å². The number of anilines is 1. The standard InChI is InChI=1S/C17H24N2O/c1-3-19(16-11-7-8-14(2)12-16)17(20)18-13-15-9-5-4-6-10-15/h7-8,11-13H,3-6,9-10H2,1-2H3,(H,18,20). The minimum absolute atomic E-state index is 0.0452. The van der Waals surface area contributed by atoms with Gasteiger partial charge in [-0.15, -0.1) is 0 Å². The molecule has 0 heterocycles. The molecule has 1 aliphatic carbocycles. The van der Waals surface area contributed by atoms with Crippen LogP contribution in [0.2, 0.25) is 0 Å². The molecule has 108 valence electrons. The van der Waals surface area contributed by atoms with E-state index in [0.29, 0.717) is 6.54 Å². The van der Waals surface area contributed by atoms with E-state index in [9.17, 15) is 4.79 Å². The van der Waals surface area contributed by atoms with Gasteiger partial charge < -0.3 is 5.32 Å². The number of hydrogen-bond donors (Lipinski definition) is 1. The van der Waals surface area contributed by atoms with Crippen LogP contribution < -0.4 is 10.2 Å². The van der Waals surface area contributed by atoms with Gasteiger partial charge in [0.1, 0.15) is 0 Å². The SMILES string of the molecule is CCN(C(=O)NC=C1CCCCC1)c1cccc(C)c1. The number of aryl methyl sites for hydroxylation is 1. The molecule has 3 nitrogen and oxygen atoms in total. The van der Waals surface area contributed by atoms with Crippen LogP contribution in [0.15, 0.2) is 36.0 Å². The summed E-state index contributed by atoms with van der Waals surface area (Å²) in [7, 11) is 0. The van der Waals surface area contributed by atoms with Crippen molar-refractivity contribution in [3.05, 3.63) is 41.6 Å². The lowest BCUT2D eigenvalue weighted by Crippen LogP contribution is -2.37. The van der Waals surface area contributed by atoms with Gasteiger partial charge in [-0.05, 0) is 57.2 Å². The van der Waals surface area contributed by atoms with Gasteiger partial charge in [-0.25, -0.2) is 4.79 Å². The highest BCUT2D eigenvalue weighted by Gasteiger charge is 2.13. The number of amides is 2. The largest absolute Gasteiger partial charge is 0.325 e. The van der Waals surface area contributed by atoms with Crippen LogP contribution in [0.25, 0.3) is 0 Å². The molecule has 0 aliphatic heterocycles. The summed E-state index contributed by atoms with van der Waals surface area (Å²) in [5.74, 6) is 0. The number of benzene rings is 1. The summed E-state index contributed by atoms with van der Waals surface area (Å²) >= 11 is 0. The fraction of sp³-hybridized carbons (Fsp3) is 0.471. The lowest BCUT2D eigenvalue weighted by molar-refractivity contribution is 0.249. The molecule has 1 aliphatic rings. The van der Waals surface area contributed by atoms with Crippen LogP contribution in [0.1, 0.15) is 44.6 Å². The van der Waals surface area contributed by atoms with E-state index >= 15 is 0 Å². The Bertz CT molecular complexity index is 486. The number of urea groups is 1. The van der Waals surface area contributed by atoms with Crippen molar-refractivity contribution < 1.29 is 4.79 Å². The zero-order chi connectivity index (χ0) is 14.4. The van der Waals surface area contributed by atoms with Crippen molar-refractivity contribution in [2.24, 2.45) is 0 Å². The first-order valence-corrected chi connectivity index (χ1v) is 7.53. The quantitative estimate of drug-likeness (QED) is 0.870. The molecule has 1 fully saturated rings. The smallest absolute Gasteiger partial charge is 0.314 e. The Morgan fingerprint density at radius 1 is 1.30 bits per heavy atom. The molecule has 0 saturated heterocycles. The van der Waals surface area contributed by atoms with Crippen molar-refractivity contribution in [1.29, 1.82) is 0 Å². The van der Waals surface area contributed by atoms with Crippen LogP contribution in [0.5, 0.6) is 0 Å². The minimum atomic E-state index is -0.0452. The van der Waals surface area contributed by atoms with Crippen LogP contribution in [-0.2, 0) is 0 Å². The zero-order valence-electron chi connectivity index (χ0n) is 12.5. The molecule has 1 aromatic rings. The molecule has 0 radical (unpaired) electrons. The van der Waals surface area contributed by atoms with Gasteiger partial charge in [0.25, 0.3) is 0 Å². The summed E-state index contributed by atoms with van der Waals surface area (Å²) in [6, 6.07) is 8.00. The first kappa shape index (κ1) is 14.6. The van der Waals surface area contributed by atoms with Crippen molar-refractivity contribution in [1.82, 2.24) is 5.32 Å². The van der Waals surface area contributed by atoms with Crippen LogP contribution in [-0.4, -0.2) is 12.6 Å². The van der Waals surface area contributed by atoms with E-state index in [1.165, 1.54) is 30.4 Å². The second kappa shape index (κ2) is 7.13. The van der Waals surface area contributed by atoms with Gasteiger partial charge in [-0.3, -0.25) is 4.90 Å². The van der Waals surface area contributed by atoms with Crippen LogP contribution in [0.3, 0.4) is 0 Å². The number of allylic oxidation sites excluding steroid dienone is 1. The molecule has 2 amide bonds. The molecular formula is C17H24N2O. The van der Waals surface area contributed by atoms with E-state index in [0.717, 1.165) is 18.5 Å². The summed E-state index contributed by atoms with van der Waals surface area (Å²) in [4.78, 5) is 14.1. The molecule has 1 saturated carbocycles. The van der Waals surface area contributed by atoms with E-state index in [-0.39, 0.29) is 6.03 Å².